The van der Waals surface area contributed by atoms with Crippen molar-refractivity contribution in [2.75, 3.05) is 12.3 Å². The smallest absolute Gasteiger partial charge is 0.303 e. The lowest BCUT2D eigenvalue weighted by Crippen LogP contribution is -2.33. The molecule has 0 aromatic carbocycles. The summed E-state index contributed by atoms with van der Waals surface area (Å²) < 4.78 is 26.0. The molecule has 1 unspecified atom stereocenters. The van der Waals surface area contributed by atoms with Crippen molar-refractivity contribution in [1.29, 1.82) is 0 Å². The van der Waals surface area contributed by atoms with Crippen LogP contribution in [0.4, 0.5) is 0 Å². The molecule has 0 aliphatic carbocycles. The highest BCUT2D eigenvalue weighted by Gasteiger charge is 2.18. The number of sulfonamides is 1. The standard InChI is InChI=1S/C13H27NO4S/c1-10(2)5-6-19(17,18)14-9-12(7-11(3)4)8-13(15)16/h10-12,14H,5-9H2,1-4H3,(H,15,16). The minimum atomic E-state index is -3.29. The molecule has 0 heterocycles. The Morgan fingerprint density at radius 3 is 2.16 bits per heavy atom. The Labute approximate surface area is 116 Å². The second-order valence-electron chi connectivity index (χ2n) is 5.94. The van der Waals surface area contributed by atoms with Gasteiger partial charge in [-0.3, -0.25) is 4.79 Å². The highest BCUT2D eigenvalue weighted by Crippen LogP contribution is 2.15. The highest BCUT2D eigenvalue weighted by molar-refractivity contribution is 7.89. The van der Waals surface area contributed by atoms with E-state index in [1.807, 2.05) is 27.7 Å². The molecule has 0 fully saturated rings. The van der Waals surface area contributed by atoms with E-state index in [0.29, 0.717) is 24.7 Å². The monoisotopic (exact) mass is 293 g/mol. The van der Waals surface area contributed by atoms with Gasteiger partial charge in [0.2, 0.25) is 10.0 Å². The van der Waals surface area contributed by atoms with Gasteiger partial charge in [-0.05, 0) is 30.6 Å². The predicted molar refractivity (Wildman–Crippen MR) is 76.4 cm³/mol. The van der Waals surface area contributed by atoms with Crippen LogP contribution in [0.15, 0.2) is 0 Å². The summed E-state index contributed by atoms with van der Waals surface area (Å²) in [6.07, 6.45) is 1.33. The van der Waals surface area contributed by atoms with Crippen molar-refractivity contribution >= 4 is 16.0 Å². The van der Waals surface area contributed by atoms with Crippen LogP contribution < -0.4 is 4.72 Å². The molecular weight excluding hydrogens is 266 g/mol. The summed E-state index contributed by atoms with van der Waals surface area (Å²) in [5, 5.41) is 8.83. The van der Waals surface area contributed by atoms with Gasteiger partial charge in [-0.1, -0.05) is 27.7 Å². The summed E-state index contributed by atoms with van der Waals surface area (Å²) in [5.74, 6) is -0.239. The molecule has 1 atom stereocenters. The number of rotatable bonds is 10. The molecule has 0 aliphatic rings. The first kappa shape index (κ1) is 18.4. The SMILES string of the molecule is CC(C)CCS(=O)(=O)NCC(CC(=O)O)CC(C)C. The fourth-order valence-corrected chi connectivity index (χ4v) is 3.28. The summed E-state index contributed by atoms with van der Waals surface area (Å²) in [6.45, 7) is 8.16. The topological polar surface area (TPSA) is 83.5 Å². The molecule has 0 bridgehead atoms. The largest absolute Gasteiger partial charge is 0.481 e. The molecule has 0 aromatic rings. The van der Waals surface area contributed by atoms with Crippen LogP contribution in [0.1, 0.15) is 47.0 Å². The van der Waals surface area contributed by atoms with E-state index in [9.17, 15) is 13.2 Å². The Morgan fingerprint density at radius 2 is 1.74 bits per heavy atom. The molecule has 0 spiro atoms. The van der Waals surface area contributed by atoms with Crippen LogP contribution in [0, 0.1) is 17.8 Å². The number of carboxylic acids is 1. The van der Waals surface area contributed by atoms with Crippen LogP contribution in [-0.2, 0) is 14.8 Å². The van der Waals surface area contributed by atoms with Crippen molar-refractivity contribution in [3.8, 4) is 0 Å². The Hall–Kier alpha value is -0.620. The zero-order chi connectivity index (χ0) is 15.1. The predicted octanol–water partition coefficient (Wildman–Crippen LogP) is 2.09. The second kappa shape index (κ2) is 8.53. The van der Waals surface area contributed by atoms with Gasteiger partial charge in [0.1, 0.15) is 0 Å². The molecule has 0 rings (SSSR count). The molecule has 5 nitrogen and oxygen atoms in total. The zero-order valence-electron chi connectivity index (χ0n) is 12.3. The van der Waals surface area contributed by atoms with Crippen LogP contribution in [0.25, 0.3) is 0 Å². The minimum Gasteiger partial charge on any atom is -0.481 e. The molecule has 0 amide bonds. The first-order valence-corrected chi connectivity index (χ1v) is 8.46. The van der Waals surface area contributed by atoms with E-state index in [1.54, 1.807) is 0 Å². The Kier molecular flexibility index (Phi) is 8.25. The average molecular weight is 293 g/mol. The third-order valence-corrected chi connectivity index (χ3v) is 4.20. The molecule has 19 heavy (non-hydrogen) atoms. The Bertz CT molecular complexity index is 363. The summed E-state index contributed by atoms with van der Waals surface area (Å²) in [5.41, 5.74) is 0. The lowest BCUT2D eigenvalue weighted by Gasteiger charge is -2.18. The van der Waals surface area contributed by atoms with Gasteiger partial charge in [-0.25, -0.2) is 13.1 Å². The Morgan fingerprint density at radius 1 is 1.16 bits per heavy atom. The molecule has 6 heteroatoms. The number of carbonyl (C=O) groups is 1. The molecule has 0 radical (unpaired) electrons. The van der Waals surface area contributed by atoms with Crippen molar-refractivity contribution in [3.63, 3.8) is 0 Å². The highest BCUT2D eigenvalue weighted by atomic mass is 32.2. The minimum absolute atomic E-state index is 0.00484. The average Bonchev–Trinajstić information content (AvgIpc) is 2.22. The van der Waals surface area contributed by atoms with Crippen LogP contribution >= 0.6 is 0 Å². The molecule has 2 N–H and O–H groups in total. The van der Waals surface area contributed by atoms with E-state index in [0.717, 1.165) is 0 Å². The quantitative estimate of drug-likeness (QED) is 0.646. The van der Waals surface area contributed by atoms with Crippen molar-refractivity contribution in [1.82, 2.24) is 4.72 Å². The third-order valence-electron chi connectivity index (χ3n) is 2.82. The maximum atomic E-state index is 11.8. The van der Waals surface area contributed by atoms with Gasteiger partial charge in [-0.2, -0.15) is 0 Å². The van der Waals surface area contributed by atoms with Gasteiger partial charge < -0.3 is 5.11 Å². The lowest BCUT2D eigenvalue weighted by atomic mass is 9.94. The summed E-state index contributed by atoms with van der Waals surface area (Å²) in [4.78, 5) is 10.8. The van der Waals surface area contributed by atoms with Crippen molar-refractivity contribution in [2.45, 2.75) is 47.0 Å². The first-order chi connectivity index (χ1) is 8.62. The number of carboxylic acid groups (broad SMARTS) is 1. The van der Waals surface area contributed by atoms with Crippen LogP contribution in [-0.4, -0.2) is 31.8 Å². The third kappa shape index (κ3) is 10.9. The van der Waals surface area contributed by atoms with Gasteiger partial charge in [0.15, 0.2) is 0 Å². The van der Waals surface area contributed by atoms with E-state index in [4.69, 9.17) is 5.11 Å². The number of aliphatic carboxylic acids is 1. The molecule has 0 aliphatic heterocycles. The lowest BCUT2D eigenvalue weighted by molar-refractivity contribution is -0.138. The summed E-state index contributed by atoms with van der Waals surface area (Å²) in [7, 11) is -3.29. The maximum Gasteiger partial charge on any atom is 0.303 e. The van der Waals surface area contributed by atoms with E-state index in [-0.39, 0.29) is 24.6 Å². The van der Waals surface area contributed by atoms with Crippen LogP contribution in [0.2, 0.25) is 0 Å². The maximum absolute atomic E-state index is 11.8. The van der Waals surface area contributed by atoms with E-state index >= 15 is 0 Å². The zero-order valence-corrected chi connectivity index (χ0v) is 13.2. The van der Waals surface area contributed by atoms with E-state index < -0.39 is 16.0 Å². The second-order valence-corrected chi connectivity index (χ2v) is 7.87. The van der Waals surface area contributed by atoms with Crippen LogP contribution in [0.5, 0.6) is 0 Å². The first-order valence-electron chi connectivity index (χ1n) is 6.81. The van der Waals surface area contributed by atoms with E-state index in [2.05, 4.69) is 4.72 Å². The van der Waals surface area contributed by atoms with Gasteiger partial charge >= 0.3 is 5.97 Å². The van der Waals surface area contributed by atoms with Crippen molar-refractivity contribution < 1.29 is 18.3 Å². The van der Waals surface area contributed by atoms with Gasteiger partial charge in [0.25, 0.3) is 0 Å². The van der Waals surface area contributed by atoms with E-state index in [1.165, 1.54) is 0 Å². The fourth-order valence-electron chi connectivity index (χ4n) is 1.86. The number of nitrogens with one attached hydrogen (secondary N) is 1. The molecule has 0 saturated carbocycles. The fraction of sp³-hybridized carbons (Fsp3) is 0.923. The van der Waals surface area contributed by atoms with Gasteiger partial charge in [-0.15, -0.1) is 0 Å². The summed E-state index contributed by atoms with van der Waals surface area (Å²) in [6, 6.07) is 0. The molecule has 114 valence electrons. The van der Waals surface area contributed by atoms with Crippen molar-refractivity contribution in [2.24, 2.45) is 17.8 Å². The van der Waals surface area contributed by atoms with Gasteiger partial charge in [0, 0.05) is 13.0 Å². The van der Waals surface area contributed by atoms with Crippen LogP contribution in [0.3, 0.4) is 0 Å². The summed E-state index contributed by atoms with van der Waals surface area (Å²) >= 11 is 0. The number of hydrogen-bond acceptors (Lipinski definition) is 3. The normalized spacial score (nSPS) is 14.0. The van der Waals surface area contributed by atoms with Crippen molar-refractivity contribution in [3.05, 3.63) is 0 Å². The molecule has 0 aromatic heterocycles. The van der Waals surface area contributed by atoms with Gasteiger partial charge in [0.05, 0.1) is 5.75 Å². The molecule has 0 saturated heterocycles. The number of hydrogen-bond donors (Lipinski definition) is 2. The molecular formula is C13H27NO4S. The Balaban J connectivity index is 4.32.